The predicted molar refractivity (Wildman–Crippen MR) is 93.3 cm³/mol. The second-order valence-corrected chi connectivity index (χ2v) is 8.13. The third kappa shape index (κ3) is 8.78. The molecule has 1 aliphatic heterocycles. The molecule has 1 fully saturated rings. The van der Waals surface area contributed by atoms with Crippen LogP contribution in [0.4, 0.5) is 0 Å². The van der Waals surface area contributed by atoms with E-state index >= 15 is 0 Å². The number of nitrogens with one attached hydrogen (secondary N) is 3. The Balaban J connectivity index is 2.13. The highest BCUT2D eigenvalue weighted by Crippen LogP contribution is 2.11. The predicted octanol–water partition coefficient (Wildman–Crippen LogP) is 0.425. The van der Waals surface area contributed by atoms with E-state index in [2.05, 4.69) is 27.9 Å². The first-order valence-electron chi connectivity index (χ1n) is 8.41. The number of guanidine groups is 1. The second-order valence-electron chi connectivity index (χ2n) is 5.90. The first kappa shape index (κ1) is 19.7. The molecule has 8 heteroatoms. The van der Waals surface area contributed by atoms with Crippen LogP contribution in [0.25, 0.3) is 0 Å². The van der Waals surface area contributed by atoms with Gasteiger partial charge < -0.3 is 16.0 Å². The topological polar surface area (TPSA) is 99.7 Å². The molecule has 1 atom stereocenters. The average molecular weight is 346 g/mol. The van der Waals surface area contributed by atoms with E-state index in [1.54, 1.807) is 7.05 Å². The van der Waals surface area contributed by atoms with E-state index in [-0.39, 0.29) is 23.5 Å². The Bertz CT molecular complexity index is 491. The summed E-state index contributed by atoms with van der Waals surface area (Å²) in [5.41, 5.74) is 0. The highest BCUT2D eigenvalue weighted by Gasteiger charge is 2.28. The number of hydrogen-bond donors (Lipinski definition) is 3. The second kappa shape index (κ2) is 10.5. The van der Waals surface area contributed by atoms with E-state index in [1.165, 1.54) is 19.3 Å². The summed E-state index contributed by atoms with van der Waals surface area (Å²) in [6, 6.07) is -0.233. The maximum absolute atomic E-state index is 11.8. The molecule has 0 spiro atoms. The Morgan fingerprint density at radius 2 is 1.91 bits per heavy atom. The van der Waals surface area contributed by atoms with Crippen LogP contribution < -0.4 is 16.0 Å². The van der Waals surface area contributed by atoms with Gasteiger partial charge >= 0.3 is 0 Å². The summed E-state index contributed by atoms with van der Waals surface area (Å²) < 4.78 is 22.7. The molecule has 1 saturated heterocycles. The van der Waals surface area contributed by atoms with Crippen molar-refractivity contribution in [2.45, 2.75) is 51.5 Å². The van der Waals surface area contributed by atoms with Crippen molar-refractivity contribution in [3.05, 3.63) is 0 Å². The van der Waals surface area contributed by atoms with Gasteiger partial charge in [-0.15, -0.1) is 0 Å². The summed E-state index contributed by atoms with van der Waals surface area (Å²) in [4.78, 5) is 15.9. The normalized spacial score (nSPS) is 20.3. The lowest BCUT2D eigenvalue weighted by Gasteiger charge is -2.13. The number of sulfone groups is 1. The van der Waals surface area contributed by atoms with Gasteiger partial charge in [-0.1, -0.05) is 26.2 Å². The minimum absolute atomic E-state index is 0.0627. The van der Waals surface area contributed by atoms with Gasteiger partial charge in [0.1, 0.15) is 0 Å². The Morgan fingerprint density at radius 3 is 2.52 bits per heavy atom. The minimum atomic E-state index is -2.96. The number of carbonyl (C=O) groups excluding carboxylic acids is 1. The Hall–Kier alpha value is -1.31. The first-order valence-corrected chi connectivity index (χ1v) is 10.2. The monoisotopic (exact) mass is 346 g/mol. The van der Waals surface area contributed by atoms with Crippen LogP contribution in [0.5, 0.6) is 0 Å². The van der Waals surface area contributed by atoms with Crippen LogP contribution in [-0.2, 0) is 14.6 Å². The van der Waals surface area contributed by atoms with Gasteiger partial charge in [0.2, 0.25) is 5.91 Å². The third-order valence-corrected chi connectivity index (χ3v) is 5.56. The number of amides is 1. The fourth-order valence-corrected chi connectivity index (χ4v) is 4.16. The van der Waals surface area contributed by atoms with E-state index < -0.39 is 9.84 Å². The molecule has 7 nitrogen and oxygen atoms in total. The van der Waals surface area contributed by atoms with Crippen molar-refractivity contribution in [3.63, 3.8) is 0 Å². The van der Waals surface area contributed by atoms with E-state index in [1.807, 2.05) is 0 Å². The summed E-state index contributed by atoms with van der Waals surface area (Å²) in [5, 5.41) is 9.08. The van der Waals surface area contributed by atoms with Crippen LogP contribution in [0.1, 0.15) is 45.4 Å². The maximum atomic E-state index is 11.8. The molecule has 0 aromatic heterocycles. The molecular formula is C15H30N4O3S. The molecule has 0 saturated carbocycles. The fraction of sp³-hybridized carbons (Fsp3) is 0.867. The average Bonchev–Trinajstić information content (AvgIpc) is 2.84. The zero-order chi connectivity index (χ0) is 17.1. The molecule has 3 N–H and O–H groups in total. The van der Waals surface area contributed by atoms with Gasteiger partial charge in [-0.3, -0.25) is 9.79 Å². The van der Waals surface area contributed by atoms with Gasteiger partial charge in [0, 0.05) is 32.6 Å². The summed E-state index contributed by atoms with van der Waals surface area (Å²) >= 11 is 0. The fourth-order valence-electron chi connectivity index (χ4n) is 2.48. The molecule has 0 aliphatic carbocycles. The van der Waals surface area contributed by atoms with Crippen LogP contribution in [0.15, 0.2) is 4.99 Å². The third-order valence-electron chi connectivity index (χ3n) is 3.79. The SMILES string of the molecule is CCCCCCNC(=NC)NCCC(=O)NC1CCS(=O)(=O)C1. The number of aliphatic imine (C=N–C) groups is 1. The van der Waals surface area contributed by atoms with Crippen LogP contribution in [0.2, 0.25) is 0 Å². The molecule has 0 bridgehead atoms. The van der Waals surface area contributed by atoms with Crippen LogP contribution in [0, 0.1) is 0 Å². The molecule has 1 unspecified atom stereocenters. The minimum Gasteiger partial charge on any atom is -0.356 e. The van der Waals surface area contributed by atoms with Crippen molar-refractivity contribution in [2.75, 3.05) is 31.6 Å². The first-order chi connectivity index (χ1) is 11.0. The number of hydrogen-bond acceptors (Lipinski definition) is 4. The molecule has 1 amide bonds. The van der Waals surface area contributed by atoms with Gasteiger partial charge in [-0.25, -0.2) is 8.42 Å². The largest absolute Gasteiger partial charge is 0.356 e. The highest BCUT2D eigenvalue weighted by molar-refractivity contribution is 7.91. The summed E-state index contributed by atoms with van der Waals surface area (Å²) in [7, 11) is -1.26. The van der Waals surface area contributed by atoms with Crippen molar-refractivity contribution < 1.29 is 13.2 Å². The molecule has 134 valence electrons. The molecule has 1 rings (SSSR count). The molecule has 0 aromatic carbocycles. The maximum Gasteiger partial charge on any atom is 0.222 e. The summed E-state index contributed by atoms with van der Waals surface area (Å²) in [5.74, 6) is 0.800. The van der Waals surface area contributed by atoms with Gasteiger partial charge in [-0.05, 0) is 12.8 Å². The molecule has 23 heavy (non-hydrogen) atoms. The highest BCUT2D eigenvalue weighted by atomic mass is 32.2. The van der Waals surface area contributed by atoms with Crippen molar-refractivity contribution in [3.8, 4) is 0 Å². The van der Waals surface area contributed by atoms with Gasteiger partial charge in [0.25, 0.3) is 0 Å². The van der Waals surface area contributed by atoms with Crippen molar-refractivity contribution in [1.82, 2.24) is 16.0 Å². The van der Waals surface area contributed by atoms with Crippen molar-refractivity contribution >= 4 is 21.7 Å². The Morgan fingerprint density at radius 1 is 1.17 bits per heavy atom. The van der Waals surface area contributed by atoms with Gasteiger partial charge in [0.15, 0.2) is 15.8 Å². The Labute approximate surface area is 139 Å². The number of rotatable bonds is 9. The molecular weight excluding hydrogens is 316 g/mol. The lowest BCUT2D eigenvalue weighted by Crippen LogP contribution is -2.41. The lowest BCUT2D eigenvalue weighted by molar-refractivity contribution is -0.121. The van der Waals surface area contributed by atoms with E-state index in [0.717, 1.165) is 13.0 Å². The lowest BCUT2D eigenvalue weighted by atomic mass is 10.2. The standard InChI is InChI=1S/C15H30N4O3S/c1-3-4-5-6-9-17-15(16-2)18-10-7-14(20)19-13-8-11-23(21,22)12-13/h13H,3-12H2,1-2H3,(H,19,20)(H2,16,17,18). The van der Waals surface area contributed by atoms with E-state index in [0.29, 0.717) is 25.3 Å². The van der Waals surface area contributed by atoms with Gasteiger partial charge in [-0.2, -0.15) is 0 Å². The van der Waals surface area contributed by atoms with E-state index in [4.69, 9.17) is 0 Å². The number of nitrogens with zero attached hydrogens (tertiary/aromatic N) is 1. The molecule has 1 heterocycles. The molecule has 1 aliphatic rings. The molecule has 0 aromatic rings. The van der Waals surface area contributed by atoms with Crippen LogP contribution >= 0.6 is 0 Å². The summed E-state index contributed by atoms with van der Waals surface area (Å²) in [6.07, 6.45) is 5.57. The van der Waals surface area contributed by atoms with E-state index in [9.17, 15) is 13.2 Å². The zero-order valence-corrected chi connectivity index (χ0v) is 15.0. The number of carbonyl (C=O) groups is 1. The smallest absolute Gasteiger partial charge is 0.222 e. The van der Waals surface area contributed by atoms with Crippen LogP contribution in [-0.4, -0.2) is 58.0 Å². The Kier molecular flexibility index (Phi) is 8.98. The zero-order valence-electron chi connectivity index (χ0n) is 14.2. The quantitative estimate of drug-likeness (QED) is 0.319. The van der Waals surface area contributed by atoms with Crippen LogP contribution in [0.3, 0.4) is 0 Å². The molecule has 0 radical (unpaired) electrons. The summed E-state index contributed by atoms with van der Waals surface area (Å²) in [6.45, 7) is 3.52. The number of unbranched alkanes of at least 4 members (excludes halogenated alkanes) is 3. The van der Waals surface area contributed by atoms with Gasteiger partial charge in [0.05, 0.1) is 11.5 Å². The van der Waals surface area contributed by atoms with Crippen molar-refractivity contribution in [2.24, 2.45) is 4.99 Å². The van der Waals surface area contributed by atoms with Crippen molar-refractivity contribution in [1.29, 1.82) is 0 Å².